The fourth-order valence-corrected chi connectivity index (χ4v) is 3.81. The summed E-state index contributed by atoms with van der Waals surface area (Å²) in [4.78, 5) is 15.3. The van der Waals surface area contributed by atoms with Gasteiger partial charge in [0.2, 0.25) is 5.28 Å². The van der Waals surface area contributed by atoms with Crippen LogP contribution in [0, 0.1) is 11.6 Å². The van der Waals surface area contributed by atoms with E-state index >= 15 is 0 Å². The number of nitrogens with one attached hydrogen (secondary N) is 3. The highest BCUT2D eigenvalue weighted by Crippen LogP contribution is 2.22. The Morgan fingerprint density at radius 1 is 1.12 bits per heavy atom. The molecule has 0 saturated carbocycles. The van der Waals surface area contributed by atoms with Gasteiger partial charge in [-0.1, -0.05) is 12.1 Å². The number of hydrogen-bond acceptors (Lipinski definition) is 7. The summed E-state index contributed by atoms with van der Waals surface area (Å²) >= 11 is 6.02. The summed E-state index contributed by atoms with van der Waals surface area (Å²) in [7, 11) is 1.60. The molecule has 4 N–H and O–H groups in total. The molecule has 0 bridgehead atoms. The Labute approximate surface area is 199 Å². The van der Waals surface area contributed by atoms with Gasteiger partial charge in [0.15, 0.2) is 11.5 Å². The van der Waals surface area contributed by atoms with Crippen LogP contribution >= 0.6 is 11.6 Å². The second kappa shape index (κ2) is 10.7. The lowest BCUT2D eigenvalue weighted by Crippen LogP contribution is -2.42. The zero-order valence-electron chi connectivity index (χ0n) is 18.2. The lowest BCUT2D eigenvalue weighted by Gasteiger charge is -2.25. The molecule has 0 amide bonds. The number of ether oxygens (including phenoxy) is 1. The number of hydrogen-bond donors (Lipinski definition) is 4. The van der Waals surface area contributed by atoms with E-state index in [2.05, 4.69) is 30.6 Å². The molecule has 2 heterocycles. The quantitative estimate of drug-likeness (QED) is 0.253. The first-order valence-electron chi connectivity index (χ1n) is 10.5. The fraction of sp³-hybridized carbons (Fsp3) is 0.261. The zero-order valence-corrected chi connectivity index (χ0v) is 19.0. The Morgan fingerprint density at radius 3 is 2.68 bits per heavy atom. The van der Waals surface area contributed by atoms with E-state index in [1.165, 1.54) is 18.5 Å². The van der Waals surface area contributed by atoms with Crippen molar-refractivity contribution in [3.05, 3.63) is 76.8 Å². The average molecular weight is 489 g/mol. The highest BCUT2D eigenvalue weighted by molar-refractivity contribution is 6.28. The van der Waals surface area contributed by atoms with Gasteiger partial charge in [0, 0.05) is 19.2 Å². The molecule has 2 aromatic carbocycles. The molecule has 0 fully saturated rings. The molecule has 0 radical (unpaired) electrons. The van der Waals surface area contributed by atoms with E-state index in [-0.39, 0.29) is 18.2 Å². The fourth-order valence-electron chi connectivity index (χ4n) is 3.64. The van der Waals surface area contributed by atoms with Crippen LogP contribution in [0.15, 0.2) is 48.8 Å². The van der Waals surface area contributed by atoms with Crippen LogP contribution in [0.5, 0.6) is 5.75 Å². The second-order valence-electron chi connectivity index (χ2n) is 7.72. The van der Waals surface area contributed by atoms with E-state index in [1.54, 1.807) is 7.11 Å². The molecular weight excluding hydrogens is 466 g/mol. The van der Waals surface area contributed by atoms with E-state index in [4.69, 9.17) is 16.3 Å². The lowest BCUT2D eigenvalue weighted by atomic mass is 10.0. The minimum atomic E-state index is -0.955. The van der Waals surface area contributed by atoms with Crippen molar-refractivity contribution in [3.8, 4) is 5.75 Å². The minimum Gasteiger partial charge on any atom is -0.497 e. The van der Waals surface area contributed by atoms with Gasteiger partial charge in [0.25, 0.3) is 0 Å². The molecule has 34 heavy (non-hydrogen) atoms. The van der Waals surface area contributed by atoms with Crippen LogP contribution in [-0.2, 0) is 13.0 Å². The molecule has 4 rings (SSSR count). The molecule has 0 aliphatic rings. The van der Waals surface area contributed by atoms with Crippen LogP contribution < -0.4 is 15.4 Å². The van der Waals surface area contributed by atoms with Gasteiger partial charge in [-0.3, -0.25) is 0 Å². The van der Waals surface area contributed by atoms with Gasteiger partial charge in [-0.25, -0.2) is 13.8 Å². The van der Waals surface area contributed by atoms with Crippen LogP contribution in [-0.4, -0.2) is 50.8 Å². The third kappa shape index (κ3) is 5.96. The van der Waals surface area contributed by atoms with Gasteiger partial charge in [-0.2, -0.15) is 9.97 Å². The number of aromatic amines is 1. The van der Waals surface area contributed by atoms with E-state index in [0.717, 1.165) is 17.4 Å². The summed E-state index contributed by atoms with van der Waals surface area (Å²) in [6.45, 7) is 0.678. The SMILES string of the molecule is COc1cccc(CNC[C@@H](O)[C@H](Cc2cc(F)cc(F)c2)Nc2nc(Cl)nc3nc[nH]c23)c1. The molecule has 2 aromatic heterocycles. The van der Waals surface area contributed by atoms with Crippen molar-refractivity contribution in [2.75, 3.05) is 19.0 Å². The lowest BCUT2D eigenvalue weighted by molar-refractivity contribution is 0.148. The maximum absolute atomic E-state index is 13.8. The number of fused-ring (bicyclic) bond motifs is 1. The van der Waals surface area contributed by atoms with Gasteiger partial charge in [-0.15, -0.1) is 0 Å². The van der Waals surface area contributed by atoms with Gasteiger partial charge < -0.3 is 25.5 Å². The smallest absolute Gasteiger partial charge is 0.226 e. The topological polar surface area (TPSA) is 108 Å². The van der Waals surface area contributed by atoms with E-state index in [9.17, 15) is 13.9 Å². The number of imidazole rings is 1. The maximum atomic E-state index is 13.8. The summed E-state index contributed by atoms with van der Waals surface area (Å²) < 4.78 is 32.8. The van der Waals surface area contributed by atoms with Crippen LogP contribution in [0.4, 0.5) is 14.6 Å². The van der Waals surface area contributed by atoms with Crippen molar-refractivity contribution >= 4 is 28.6 Å². The summed E-state index contributed by atoms with van der Waals surface area (Å²) in [5, 5.41) is 17.3. The molecule has 11 heteroatoms. The van der Waals surface area contributed by atoms with E-state index in [0.29, 0.717) is 29.1 Å². The Bertz CT molecular complexity index is 1250. The standard InChI is InChI=1S/C23H23ClF2N6O2/c1-34-17-4-2-3-13(7-17)10-27-11-19(33)18(8-14-5-15(25)9-16(26)6-14)30-22-20-21(29-12-28-20)31-23(24)32-22/h2-7,9,12,18-19,27,33H,8,10-11H2,1H3,(H2,28,29,30,31,32)/t18-,19+/m0/s1. The third-order valence-corrected chi connectivity index (χ3v) is 5.41. The van der Waals surface area contributed by atoms with Crippen LogP contribution in [0.1, 0.15) is 11.1 Å². The van der Waals surface area contributed by atoms with Crippen molar-refractivity contribution in [1.29, 1.82) is 0 Å². The van der Waals surface area contributed by atoms with Crippen molar-refractivity contribution in [2.24, 2.45) is 0 Å². The maximum Gasteiger partial charge on any atom is 0.226 e. The highest BCUT2D eigenvalue weighted by atomic mass is 35.5. The zero-order chi connectivity index (χ0) is 24.1. The Hall–Kier alpha value is -3.34. The molecule has 8 nitrogen and oxygen atoms in total. The highest BCUT2D eigenvalue weighted by Gasteiger charge is 2.23. The predicted molar refractivity (Wildman–Crippen MR) is 125 cm³/mol. The number of rotatable bonds is 10. The van der Waals surface area contributed by atoms with Crippen molar-refractivity contribution in [3.63, 3.8) is 0 Å². The first-order chi connectivity index (χ1) is 16.4. The number of benzene rings is 2. The molecule has 2 atom stereocenters. The van der Waals surface area contributed by atoms with Crippen LogP contribution in [0.2, 0.25) is 5.28 Å². The Morgan fingerprint density at radius 2 is 1.91 bits per heavy atom. The summed E-state index contributed by atoms with van der Waals surface area (Å²) in [6, 6.07) is 10.1. The number of methoxy groups -OCH3 is 1. The van der Waals surface area contributed by atoms with Gasteiger partial charge in [0.1, 0.15) is 22.9 Å². The normalized spacial score (nSPS) is 13.1. The Balaban J connectivity index is 1.52. The number of anilines is 1. The average Bonchev–Trinajstić information content (AvgIpc) is 3.26. The van der Waals surface area contributed by atoms with Gasteiger partial charge >= 0.3 is 0 Å². The van der Waals surface area contributed by atoms with E-state index < -0.39 is 23.8 Å². The minimum absolute atomic E-state index is 0.0247. The molecule has 0 aliphatic carbocycles. The molecule has 178 valence electrons. The molecule has 0 aliphatic heterocycles. The summed E-state index contributed by atoms with van der Waals surface area (Å²) in [5.74, 6) is -0.334. The molecule has 0 saturated heterocycles. The second-order valence-corrected chi connectivity index (χ2v) is 8.06. The van der Waals surface area contributed by atoms with Gasteiger partial charge in [0.05, 0.1) is 25.6 Å². The molecular formula is C23H23ClF2N6O2. The first kappa shape index (κ1) is 23.8. The van der Waals surface area contributed by atoms with Gasteiger partial charge in [-0.05, 0) is 53.4 Å². The van der Waals surface area contributed by atoms with Crippen molar-refractivity contribution in [2.45, 2.75) is 25.1 Å². The molecule has 4 aromatic rings. The van der Waals surface area contributed by atoms with E-state index in [1.807, 2.05) is 24.3 Å². The van der Waals surface area contributed by atoms with Crippen LogP contribution in [0.3, 0.4) is 0 Å². The number of aromatic nitrogens is 4. The number of aliphatic hydroxyl groups is 1. The predicted octanol–water partition coefficient (Wildman–Crippen LogP) is 3.47. The Kier molecular flexibility index (Phi) is 7.51. The molecule has 0 spiro atoms. The monoisotopic (exact) mass is 488 g/mol. The third-order valence-electron chi connectivity index (χ3n) is 5.24. The number of halogens is 3. The molecule has 0 unspecified atom stereocenters. The first-order valence-corrected chi connectivity index (χ1v) is 10.9. The summed E-state index contributed by atoms with van der Waals surface area (Å²) in [5.41, 5.74) is 2.20. The number of aliphatic hydroxyl groups excluding tert-OH is 1. The van der Waals surface area contributed by atoms with Crippen molar-refractivity contribution in [1.82, 2.24) is 25.3 Å². The van der Waals surface area contributed by atoms with Crippen molar-refractivity contribution < 1.29 is 18.6 Å². The largest absolute Gasteiger partial charge is 0.497 e. The number of nitrogens with zero attached hydrogens (tertiary/aromatic N) is 3. The van der Waals surface area contributed by atoms with Crippen LogP contribution in [0.25, 0.3) is 11.2 Å². The summed E-state index contributed by atoms with van der Waals surface area (Å²) in [6.07, 6.45) is 0.612. The number of H-pyrrole nitrogens is 1.